The van der Waals surface area contributed by atoms with Gasteiger partial charge in [-0.3, -0.25) is 4.79 Å². The molecule has 0 radical (unpaired) electrons. The molecule has 0 aliphatic rings. The fraction of sp³-hybridized carbons (Fsp3) is 0.200. The van der Waals surface area contributed by atoms with Gasteiger partial charge in [-0.05, 0) is 42.5 Å². The summed E-state index contributed by atoms with van der Waals surface area (Å²) in [5.41, 5.74) is 2.28. The molecule has 2 rings (SSSR count). The number of amides is 1. The lowest BCUT2D eigenvalue weighted by atomic mass is 10.1. The fourth-order valence-electron chi connectivity index (χ4n) is 1.77. The van der Waals surface area contributed by atoms with E-state index in [9.17, 15) is 9.59 Å². The minimum atomic E-state index is -1.06. The molecule has 1 heterocycles. The number of carbonyl (C=O) groups excluding carboxylic acids is 1. The van der Waals surface area contributed by atoms with Crippen LogP contribution in [0.25, 0.3) is 0 Å². The van der Waals surface area contributed by atoms with Crippen molar-refractivity contribution in [3.63, 3.8) is 0 Å². The predicted octanol–water partition coefficient (Wildman–Crippen LogP) is 3.08. The molecule has 0 saturated carbocycles. The standard InChI is InChI=1S/C15H15NO4S/c1-9-3-4-10(2)12(7-9)20-8-13(17)16-11-5-6-21-14(11)15(18)19/h3-7H,8H2,1-2H3,(H,16,17)(H,18,19). The number of carboxylic acid groups (broad SMARTS) is 1. The lowest BCUT2D eigenvalue weighted by molar-refractivity contribution is -0.118. The predicted molar refractivity (Wildman–Crippen MR) is 81.3 cm³/mol. The molecule has 0 unspecified atom stereocenters. The lowest BCUT2D eigenvalue weighted by Crippen LogP contribution is -2.21. The number of hydrogen-bond acceptors (Lipinski definition) is 4. The molecule has 0 aliphatic carbocycles. The Morgan fingerprint density at radius 3 is 2.76 bits per heavy atom. The van der Waals surface area contributed by atoms with Gasteiger partial charge in [0.15, 0.2) is 6.61 Å². The maximum absolute atomic E-state index is 11.8. The Balaban J connectivity index is 1.98. The normalized spacial score (nSPS) is 10.2. The second kappa shape index (κ2) is 6.41. The summed E-state index contributed by atoms with van der Waals surface area (Å²) >= 11 is 1.06. The van der Waals surface area contributed by atoms with Gasteiger partial charge in [0.25, 0.3) is 5.91 Å². The van der Waals surface area contributed by atoms with E-state index in [2.05, 4.69) is 5.32 Å². The minimum Gasteiger partial charge on any atom is -0.483 e. The van der Waals surface area contributed by atoms with Crippen LogP contribution in [0.3, 0.4) is 0 Å². The van der Waals surface area contributed by atoms with E-state index in [1.54, 1.807) is 11.4 Å². The molecule has 0 aliphatic heterocycles. The van der Waals surface area contributed by atoms with Crippen LogP contribution in [0, 0.1) is 13.8 Å². The Bertz CT molecular complexity index is 678. The molecule has 0 saturated heterocycles. The summed E-state index contributed by atoms with van der Waals surface area (Å²) < 4.78 is 5.47. The maximum Gasteiger partial charge on any atom is 0.348 e. The SMILES string of the molecule is Cc1ccc(C)c(OCC(=O)Nc2ccsc2C(=O)O)c1. The zero-order valence-electron chi connectivity index (χ0n) is 11.7. The Morgan fingerprint density at radius 2 is 2.05 bits per heavy atom. The third-order valence-corrected chi connectivity index (χ3v) is 3.74. The number of benzene rings is 1. The molecule has 1 aromatic heterocycles. The highest BCUT2D eigenvalue weighted by Crippen LogP contribution is 2.22. The molecular formula is C15H15NO4S. The first-order valence-electron chi connectivity index (χ1n) is 6.28. The van der Waals surface area contributed by atoms with Gasteiger partial charge in [-0.1, -0.05) is 12.1 Å². The molecule has 0 spiro atoms. The van der Waals surface area contributed by atoms with Crippen molar-refractivity contribution in [1.82, 2.24) is 0 Å². The van der Waals surface area contributed by atoms with Crippen molar-refractivity contribution in [3.05, 3.63) is 45.6 Å². The summed E-state index contributed by atoms with van der Waals surface area (Å²) in [4.78, 5) is 22.9. The van der Waals surface area contributed by atoms with E-state index in [1.807, 2.05) is 32.0 Å². The van der Waals surface area contributed by atoms with Gasteiger partial charge in [0.05, 0.1) is 5.69 Å². The average Bonchev–Trinajstić information content (AvgIpc) is 2.88. The Labute approximate surface area is 126 Å². The van der Waals surface area contributed by atoms with Crippen LogP contribution in [0.5, 0.6) is 5.75 Å². The number of carboxylic acids is 1. The van der Waals surface area contributed by atoms with Crippen molar-refractivity contribution in [1.29, 1.82) is 0 Å². The number of carbonyl (C=O) groups is 2. The quantitative estimate of drug-likeness (QED) is 0.890. The van der Waals surface area contributed by atoms with Gasteiger partial charge in [-0.15, -0.1) is 11.3 Å². The van der Waals surface area contributed by atoms with Crippen LogP contribution >= 0.6 is 11.3 Å². The zero-order valence-corrected chi connectivity index (χ0v) is 12.5. The number of ether oxygens (including phenoxy) is 1. The molecule has 2 aromatic rings. The highest BCUT2D eigenvalue weighted by atomic mass is 32.1. The van der Waals surface area contributed by atoms with Crippen LogP contribution in [0.2, 0.25) is 0 Å². The molecule has 110 valence electrons. The number of nitrogens with one attached hydrogen (secondary N) is 1. The van der Waals surface area contributed by atoms with Crippen molar-refractivity contribution in [3.8, 4) is 5.75 Å². The topological polar surface area (TPSA) is 75.6 Å². The maximum atomic E-state index is 11.8. The molecule has 21 heavy (non-hydrogen) atoms. The van der Waals surface area contributed by atoms with Crippen LogP contribution in [-0.2, 0) is 4.79 Å². The summed E-state index contributed by atoms with van der Waals surface area (Å²) in [7, 11) is 0. The molecule has 1 amide bonds. The van der Waals surface area contributed by atoms with Crippen LogP contribution in [0.4, 0.5) is 5.69 Å². The first kappa shape index (κ1) is 15.1. The number of thiophene rings is 1. The fourth-order valence-corrected chi connectivity index (χ4v) is 2.45. The van der Waals surface area contributed by atoms with Gasteiger partial charge in [0, 0.05) is 0 Å². The van der Waals surface area contributed by atoms with Gasteiger partial charge in [0.1, 0.15) is 10.6 Å². The molecular weight excluding hydrogens is 290 g/mol. The summed E-state index contributed by atoms with van der Waals surface area (Å²) in [6, 6.07) is 7.30. The average molecular weight is 305 g/mol. The van der Waals surface area contributed by atoms with E-state index < -0.39 is 11.9 Å². The number of rotatable bonds is 5. The van der Waals surface area contributed by atoms with Gasteiger partial charge < -0.3 is 15.2 Å². The van der Waals surface area contributed by atoms with E-state index in [0.29, 0.717) is 11.4 Å². The number of aromatic carboxylic acids is 1. The highest BCUT2D eigenvalue weighted by molar-refractivity contribution is 7.12. The Hall–Kier alpha value is -2.34. The molecule has 0 fully saturated rings. The monoisotopic (exact) mass is 305 g/mol. The minimum absolute atomic E-state index is 0.107. The summed E-state index contributed by atoms with van der Waals surface area (Å²) in [5, 5.41) is 13.1. The van der Waals surface area contributed by atoms with Crippen LogP contribution in [0.15, 0.2) is 29.6 Å². The molecule has 0 atom stereocenters. The number of hydrogen-bond donors (Lipinski definition) is 2. The van der Waals surface area contributed by atoms with Gasteiger partial charge in [-0.2, -0.15) is 0 Å². The number of aryl methyl sites for hydroxylation is 2. The summed E-state index contributed by atoms with van der Waals surface area (Å²) in [6.45, 7) is 3.67. The second-order valence-corrected chi connectivity index (χ2v) is 5.49. The smallest absolute Gasteiger partial charge is 0.348 e. The van der Waals surface area contributed by atoms with Crippen molar-refractivity contribution in [2.75, 3.05) is 11.9 Å². The van der Waals surface area contributed by atoms with Crippen molar-refractivity contribution >= 4 is 28.9 Å². The Kier molecular flexibility index (Phi) is 4.59. The van der Waals surface area contributed by atoms with Gasteiger partial charge in [0.2, 0.25) is 0 Å². The van der Waals surface area contributed by atoms with E-state index in [1.165, 1.54) is 0 Å². The molecule has 5 nitrogen and oxygen atoms in total. The third kappa shape index (κ3) is 3.82. The van der Waals surface area contributed by atoms with E-state index in [0.717, 1.165) is 22.5 Å². The van der Waals surface area contributed by atoms with E-state index >= 15 is 0 Å². The van der Waals surface area contributed by atoms with Gasteiger partial charge in [-0.25, -0.2) is 4.79 Å². The molecule has 0 bridgehead atoms. The molecule has 2 N–H and O–H groups in total. The zero-order chi connectivity index (χ0) is 15.4. The summed E-state index contributed by atoms with van der Waals surface area (Å²) in [6.07, 6.45) is 0. The van der Waals surface area contributed by atoms with E-state index in [-0.39, 0.29) is 11.5 Å². The lowest BCUT2D eigenvalue weighted by Gasteiger charge is -2.10. The highest BCUT2D eigenvalue weighted by Gasteiger charge is 2.14. The van der Waals surface area contributed by atoms with E-state index in [4.69, 9.17) is 9.84 Å². The van der Waals surface area contributed by atoms with Crippen molar-refractivity contribution in [2.45, 2.75) is 13.8 Å². The second-order valence-electron chi connectivity index (χ2n) is 4.57. The van der Waals surface area contributed by atoms with Crippen LogP contribution < -0.4 is 10.1 Å². The first-order valence-corrected chi connectivity index (χ1v) is 7.16. The van der Waals surface area contributed by atoms with Crippen molar-refractivity contribution < 1.29 is 19.4 Å². The van der Waals surface area contributed by atoms with Crippen molar-refractivity contribution in [2.24, 2.45) is 0 Å². The van der Waals surface area contributed by atoms with Crippen LogP contribution in [-0.4, -0.2) is 23.6 Å². The largest absolute Gasteiger partial charge is 0.483 e. The molecule has 1 aromatic carbocycles. The van der Waals surface area contributed by atoms with Crippen LogP contribution in [0.1, 0.15) is 20.8 Å². The third-order valence-electron chi connectivity index (χ3n) is 2.84. The first-order chi connectivity index (χ1) is 9.97. The Morgan fingerprint density at radius 1 is 1.29 bits per heavy atom. The van der Waals surface area contributed by atoms with Gasteiger partial charge >= 0.3 is 5.97 Å². The summed E-state index contributed by atoms with van der Waals surface area (Å²) in [5.74, 6) is -0.804. The number of anilines is 1. The molecule has 6 heteroatoms.